The fraction of sp³-hybridized carbons (Fsp3) is 0.400. The molecule has 1 aromatic carbocycles. The van der Waals surface area contributed by atoms with Crippen LogP contribution in [0.4, 0.5) is 0 Å². The quantitative estimate of drug-likeness (QED) is 0.864. The minimum absolute atomic E-state index is 0.000805. The summed E-state index contributed by atoms with van der Waals surface area (Å²) in [5.74, 6) is 0.909. The third-order valence-corrected chi connectivity index (χ3v) is 4.47. The van der Waals surface area contributed by atoms with Crippen LogP contribution in [0.5, 0.6) is 5.75 Å². The van der Waals surface area contributed by atoms with E-state index in [1.807, 2.05) is 37.3 Å². The number of piperidine rings is 1. The Morgan fingerprint density at radius 3 is 2.85 bits per heavy atom. The van der Waals surface area contributed by atoms with Crippen molar-refractivity contribution in [1.29, 1.82) is 0 Å². The lowest BCUT2D eigenvalue weighted by Gasteiger charge is -2.32. The van der Waals surface area contributed by atoms with Crippen LogP contribution in [0.1, 0.15) is 42.3 Å². The van der Waals surface area contributed by atoms with Gasteiger partial charge in [0.1, 0.15) is 12.4 Å². The molecule has 26 heavy (non-hydrogen) atoms. The maximum atomic E-state index is 12.9. The zero-order chi connectivity index (χ0) is 18.4. The molecule has 3 rings (SSSR count). The number of ether oxygens (including phenoxy) is 1. The molecule has 1 unspecified atom stereocenters. The van der Waals surface area contributed by atoms with E-state index in [4.69, 9.17) is 9.15 Å². The average Bonchev–Trinajstić information content (AvgIpc) is 3.15. The largest absolute Gasteiger partial charge is 0.489 e. The van der Waals surface area contributed by atoms with E-state index in [1.165, 1.54) is 6.26 Å². The molecule has 1 aromatic heterocycles. The van der Waals surface area contributed by atoms with Crippen LogP contribution in [-0.2, 0) is 11.4 Å². The summed E-state index contributed by atoms with van der Waals surface area (Å²) in [5.41, 5.74) is 0.721. The molecule has 0 spiro atoms. The van der Waals surface area contributed by atoms with Gasteiger partial charge in [0.05, 0.1) is 6.26 Å². The number of amides is 2. The summed E-state index contributed by atoms with van der Waals surface area (Å²) in [4.78, 5) is 26.2. The van der Waals surface area contributed by atoms with Gasteiger partial charge in [-0.05, 0) is 31.0 Å². The molecule has 2 amide bonds. The van der Waals surface area contributed by atoms with E-state index >= 15 is 0 Å². The van der Waals surface area contributed by atoms with Crippen LogP contribution in [-0.4, -0.2) is 35.8 Å². The van der Waals surface area contributed by atoms with Crippen LogP contribution in [0.25, 0.3) is 0 Å². The smallest absolute Gasteiger partial charge is 0.290 e. The summed E-state index contributed by atoms with van der Waals surface area (Å²) in [5, 5.41) is 2.97. The maximum absolute atomic E-state index is 12.9. The number of hydrogen-bond acceptors (Lipinski definition) is 4. The summed E-state index contributed by atoms with van der Waals surface area (Å²) >= 11 is 0. The Balaban J connectivity index is 1.63. The first-order valence-corrected chi connectivity index (χ1v) is 9.00. The van der Waals surface area contributed by atoms with Crippen LogP contribution in [0.2, 0.25) is 0 Å². The number of benzene rings is 1. The molecule has 6 heteroatoms. The lowest BCUT2D eigenvalue weighted by atomic mass is 10.0. The standard InChI is InChI=1S/C20H24N2O4/c1-2-18(23)21-16-7-6-11-22(13-16)20(24)19-15(10-12-25-19)14-26-17-8-4-3-5-9-17/h3-5,8-10,12,16H,2,6-7,11,13-14H2,1H3,(H,21,23). The molecule has 1 saturated heterocycles. The number of furan rings is 1. The van der Waals surface area contributed by atoms with E-state index in [0.29, 0.717) is 25.3 Å². The van der Waals surface area contributed by atoms with Gasteiger partial charge < -0.3 is 19.4 Å². The number of para-hydroxylation sites is 1. The van der Waals surface area contributed by atoms with Gasteiger partial charge in [-0.2, -0.15) is 0 Å². The van der Waals surface area contributed by atoms with E-state index in [2.05, 4.69) is 5.32 Å². The second-order valence-corrected chi connectivity index (χ2v) is 6.39. The van der Waals surface area contributed by atoms with Crippen LogP contribution >= 0.6 is 0 Å². The molecule has 138 valence electrons. The van der Waals surface area contributed by atoms with Crippen molar-refractivity contribution in [1.82, 2.24) is 10.2 Å². The summed E-state index contributed by atoms with van der Waals surface area (Å²) in [6, 6.07) is 11.2. The third kappa shape index (κ3) is 4.45. The van der Waals surface area contributed by atoms with Gasteiger partial charge in [0.25, 0.3) is 5.91 Å². The van der Waals surface area contributed by atoms with E-state index in [0.717, 1.165) is 24.2 Å². The van der Waals surface area contributed by atoms with Crippen LogP contribution in [0, 0.1) is 0 Å². The molecule has 2 heterocycles. The Morgan fingerprint density at radius 1 is 1.27 bits per heavy atom. The number of likely N-dealkylation sites (tertiary alicyclic amines) is 1. The van der Waals surface area contributed by atoms with Crippen LogP contribution in [0.3, 0.4) is 0 Å². The van der Waals surface area contributed by atoms with Crippen molar-refractivity contribution in [2.24, 2.45) is 0 Å². The van der Waals surface area contributed by atoms with Gasteiger partial charge in [-0.3, -0.25) is 9.59 Å². The minimum atomic E-state index is -0.155. The molecule has 0 bridgehead atoms. The number of hydrogen-bond donors (Lipinski definition) is 1. The van der Waals surface area contributed by atoms with Gasteiger partial charge in [-0.25, -0.2) is 0 Å². The lowest BCUT2D eigenvalue weighted by molar-refractivity contribution is -0.121. The van der Waals surface area contributed by atoms with Crippen LogP contribution in [0.15, 0.2) is 47.1 Å². The van der Waals surface area contributed by atoms with E-state index in [1.54, 1.807) is 11.0 Å². The molecular weight excluding hydrogens is 332 g/mol. The zero-order valence-electron chi connectivity index (χ0n) is 14.9. The van der Waals surface area contributed by atoms with Crippen molar-refractivity contribution < 1.29 is 18.7 Å². The Hall–Kier alpha value is -2.76. The average molecular weight is 356 g/mol. The Labute approximate surface area is 153 Å². The highest BCUT2D eigenvalue weighted by Crippen LogP contribution is 2.20. The third-order valence-electron chi connectivity index (χ3n) is 4.47. The molecule has 0 aliphatic carbocycles. The van der Waals surface area contributed by atoms with Gasteiger partial charge in [0.15, 0.2) is 5.76 Å². The number of carbonyl (C=O) groups excluding carboxylic acids is 2. The molecule has 1 atom stereocenters. The molecule has 1 aliphatic rings. The predicted octanol–water partition coefficient (Wildman–Crippen LogP) is 2.99. The first-order chi connectivity index (χ1) is 12.7. The topological polar surface area (TPSA) is 71.8 Å². The van der Waals surface area contributed by atoms with Crippen molar-refractivity contribution in [2.45, 2.75) is 38.8 Å². The van der Waals surface area contributed by atoms with Gasteiger partial charge in [-0.1, -0.05) is 25.1 Å². The molecule has 1 N–H and O–H groups in total. The van der Waals surface area contributed by atoms with Crippen LogP contribution < -0.4 is 10.1 Å². The second kappa shape index (κ2) is 8.56. The number of carbonyl (C=O) groups is 2. The predicted molar refractivity (Wildman–Crippen MR) is 96.8 cm³/mol. The molecular formula is C20H24N2O4. The van der Waals surface area contributed by atoms with Crippen molar-refractivity contribution in [3.05, 3.63) is 54.0 Å². The highest BCUT2D eigenvalue weighted by Gasteiger charge is 2.28. The zero-order valence-corrected chi connectivity index (χ0v) is 14.9. The number of nitrogens with zero attached hydrogens (tertiary/aromatic N) is 1. The van der Waals surface area contributed by atoms with Crippen molar-refractivity contribution in [3.8, 4) is 5.75 Å². The molecule has 6 nitrogen and oxygen atoms in total. The summed E-state index contributed by atoms with van der Waals surface area (Å²) < 4.78 is 11.2. The van der Waals surface area contributed by atoms with Crippen molar-refractivity contribution in [3.63, 3.8) is 0 Å². The SMILES string of the molecule is CCC(=O)NC1CCCN(C(=O)c2occc2COc2ccccc2)C1. The lowest BCUT2D eigenvalue weighted by Crippen LogP contribution is -2.49. The van der Waals surface area contributed by atoms with E-state index in [-0.39, 0.29) is 24.5 Å². The Morgan fingerprint density at radius 2 is 2.08 bits per heavy atom. The number of rotatable bonds is 6. The monoisotopic (exact) mass is 356 g/mol. The highest BCUT2D eigenvalue weighted by molar-refractivity contribution is 5.93. The molecule has 2 aromatic rings. The van der Waals surface area contributed by atoms with Crippen molar-refractivity contribution >= 4 is 11.8 Å². The molecule has 1 fully saturated rings. The second-order valence-electron chi connectivity index (χ2n) is 6.39. The molecule has 0 radical (unpaired) electrons. The summed E-state index contributed by atoms with van der Waals surface area (Å²) in [7, 11) is 0. The maximum Gasteiger partial charge on any atom is 0.290 e. The molecule has 1 aliphatic heterocycles. The van der Waals surface area contributed by atoms with E-state index < -0.39 is 0 Å². The minimum Gasteiger partial charge on any atom is -0.489 e. The van der Waals surface area contributed by atoms with Gasteiger partial charge in [-0.15, -0.1) is 0 Å². The Kier molecular flexibility index (Phi) is 5.94. The molecule has 0 saturated carbocycles. The van der Waals surface area contributed by atoms with Crippen molar-refractivity contribution in [2.75, 3.05) is 13.1 Å². The first kappa shape index (κ1) is 18.0. The van der Waals surface area contributed by atoms with Gasteiger partial charge in [0.2, 0.25) is 5.91 Å². The first-order valence-electron chi connectivity index (χ1n) is 9.00. The van der Waals surface area contributed by atoms with E-state index in [9.17, 15) is 9.59 Å². The van der Waals surface area contributed by atoms with Gasteiger partial charge >= 0.3 is 0 Å². The fourth-order valence-corrected chi connectivity index (χ4v) is 3.07. The normalized spacial score (nSPS) is 17.0. The summed E-state index contributed by atoms with van der Waals surface area (Å²) in [6.45, 7) is 3.26. The Bertz CT molecular complexity index is 741. The fourth-order valence-electron chi connectivity index (χ4n) is 3.07. The highest BCUT2D eigenvalue weighted by atomic mass is 16.5. The van der Waals surface area contributed by atoms with Gasteiger partial charge in [0, 0.05) is 31.1 Å². The number of nitrogens with one attached hydrogen (secondary N) is 1. The summed E-state index contributed by atoms with van der Waals surface area (Å²) in [6.07, 6.45) is 3.70.